The Labute approximate surface area is 126 Å². The van der Waals surface area contributed by atoms with Gasteiger partial charge in [0.1, 0.15) is 0 Å². The number of nitrogens with one attached hydrogen (secondary N) is 2. The second-order valence-electron chi connectivity index (χ2n) is 5.72. The van der Waals surface area contributed by atoms with Gasteiger partial charge in [-0.15, -0.1) is 0 Å². The van der Waals surface area contributed by atoms with E-state index in [1.807, 2.05) is 6.92 Å². The molecule has 0 radical (unpaired) electrons. The molecule has 1 aliphatic heterocycles. The molecule has 3 amide bonds. The minimum absolute atomic E-state index is 0.201. The molecule has 0 spiro atoms. The van der Waals surface area contributed by atoms with Crippen LogP contribution in [-0.2, 0) is 4.79 Å². The molecule has 1 saturated heterocycles. The van der Waals surface area contributed by atoms with Crippen molar-refractivity contribution < 1.29 is 14.7 Å². The van der Waals surface area contributed by atoms with Crippen molar-refractivity contribution in [2.75, 3.05) is 32.7 Å². The summed E-state index contributed by atoms with van der Waals surface area (Å²) < 4.78 is 0. The molecule has 0 aromatic rings. The highest BCUT2D eigenvalue weighted by Crippen LogP contribution is 2.13. The quantitative estimate of drug-likeness (QED) is 0.644. The summed E-state index contributed by atoms with van der Waals surface area (Å²) >= 11 is 0. The lowest BCUT2D eigenvalue weighted by Crippen LogP contribution is -2.59. The second-order valence-corrected chi connectivity index (χ2v) is 5.72. The van der Waals surface area contributed by atoms with Gasteiger partial charge in [0.15, 0.2) is 0 Å². The first-order valence-corrected chi connectivity index (χ1v) is 7.60. The summed E-state index contributed by atoms with van der Waals surface area (Å²) in [7, 11) is 0. The molecule has 21 heavy (non-hydrogen) atoms. The molecule has 0 aliphatic carbocycles. The molecule has 1 aliphatic rings. The molecule has 0 saturated carbocycles. The smallest absolute Gasteiger partial charge is 0.321 e. The number of carbonyl (C=O) groups excluding carboxylic acids is 2. The first-order chi connectivity index (χ1) is 9.85. The number of imide groups is 1. The molecule has 3 N–H and O–H groups in total. The average molecular weight is 300 g/mol. The summed E-state index contributed by atoms with van der Waals surface area (Å²) in [5.41, 5.74) is 0. The normalized spacial score (nSPS) is 23.4. The Morgan fingerprint density at radius 3 is 2.52 bits per heavy atom. The van der Waals surface area contributed by atoms with E-state index < -0.39 is 6.03 Å². The third-order valence-corrected chi connectivity index (χ3v) is 3.74. The maximum atomic E-state index is 12.1. The number of β-amino-alcohol motifs (C(OH)–C–C–N with tert-alkyl or cyclic N) is 1. The molecule has 1 heterocycles. The first kappa shape index (κ1) is 17.9. The number of hydrogen-bond donors (Lipinski definition) is 3. The highest BCUT2D eigenvalue weighted by molar-refractivity contribution is 5.96. The largest absolute Gasteiger partial charge is 0.392 e. The third-order valence-electron chi connectivity index (χ3n) is 3.74. The molecule has 122 valence electrons. The van der Waals surface area contributed by atoms with Crippen LogP contribution < -0.4 is 10.6 Å². The van der Waals surface area contributed by atoms with E-state index in [0.717, 1.165) is 19.6 Å². The van der Waals surface area contributed by atoms with E-state index in [1.165, 1.54) is 0 Å². The minimum atomic E-state index is -0.449. The summed E-state index contributed by atoms with van der Waals surface area (Å²) in [5.74, 6) is -0.281. The molecule has 0 aromatic carbocycles. The summed E-state index contributed by atoms with van der Waals surface area (Å²) in [6.45, 7) is 11.0. The van der Waals surface area contributed by atoms with Crippen molar-refractivity contribution in [3.63, 3.8) is 0 Å². The van der Waals surface area contributed by atoms with Crippen LogP contribution in [0.15, 0.2) is 0 Å². The van der Waals surface area contributed by atoms with Gasteiger partial charge in [0.2, 0.25) is 5.91 Å². The third kappa shape index (κ3) is 5.61. The van der Waals surface area contributed by atoms with Crippen molar-refractivity contribution >= 4 is 11.9 Å². The van der Waals surface area contributed by atoms with E-state index in [0.29, 0.717) is 13.1 Å². The fourth-order valence-electron chi connectivity index (χ4n) is 2.73. The zero-order chi connectivity index (χ0) is 16.0. The Morgan fingerprint density at radius 2 is 2.00 bits per heavy atom. The molecule has 7 heteroatoms. The van der Waals surface area contributed by atoms with Gasteiger partial charge in [-0.1, -0.05) is 0 Å². The monoisotopic (exact) mass is 300 g/mol. The molecular formula is C14H28N4O3. The number of amides is 3. The lowest BCUT2D eigenvalue weighted by atomic mass is 10.1. The number of urea groups is 1. The van der Waals surface area contributed by atoms with Crippen LogP contribution in [0.25, 0.3) is 0 Å². The molecule has 0 unspecified atom stereocenters. The zero-order valence-corrected chi connectivity index (χ0v) is 13.4. The standard InChI is InChI=1S/C14H28N4O3/c1-5-15-14(21)16-13(20)12(4)18-7-6-17(8-10(18)2)9-11(3)19/h10-12,19H,5-9H2,1-4H3,(H2,15,16,20,21)/t10-,11-,12+/m1/s1. The van der Waals surface area contributed by atoms with Crippen LogP contribution in [0.4, 0.5) is 4.79 Å². The zero-order valence-electron chi connectivity index (χ0n) is 13.4. The van der Waals surface area contributed by atoms with Crippen LogP contribution in [0.2, 0.25) is 0 Å². The van der Waals surface area contributed by atoms with E-state index in [4.69, 9.17) is 0 Å². The van der Waals surface area contributed by atoms with Gasteiger partial charge < -0.3 is 10.4 Å². The van der Waals surface area contributed by atoms with Crippen molar-refractivity contribution in [2.45, 2.75) is 45.9 Å². The van der Waals surface area contributed by atoms with Gasteiger partial charge >= 0.3 is 6.03 Å². The molecule has 0 aromatic heterocycles. The lowest BCUT2D eigenvalue weighted by Gasteiger charge is -2.42. The molecular weight excluding hydrogens is 272 g/mol. The van der Waals surface area contributed by atoms with Gasteiger partial charge in [0, 0.05) is 38.8 Å². The van der Waals surface area contributed by atoms with Crippen LogP contribution in [0.3, 0.4) is 0 Å². The number of aliphatic hydroxyl groups is 1. The molecule has 1 fully saturated rings. The van der Waals surface area contributed by atoms with Crippen molar-refractivity contribution in [1.29, 1.82) is 0 Å². The van der Waals surface area contributed by atoms with Crippen LogP contribution in [0.1, 0.15) is 27.7 Å². The van der Waals surface area contributed by atoms with Crippen LogP contribution in [-0.4, -0.2) is 77.8 Å². The SMILES string of the molecule is CCNC(=O)NC(=O)[C@H](C)N1CCN(C[C@@H](C)O)C[C@H]1C. The minimum Gasteiger partial charge on any atom is -0.392 e. The highest BCUT2D eigenvalue weighted by atomic mass is 16.3. The van der Waals surface area contributed by atoms with Crippen molar-refractivity contribution in [3.05, 3.63) is 0 Å². The van der Waals surface area contributed by atoms with E-state index in [-0.39, 0.29) is 24.1 Å². The molecule has 7 nitrogen and oxygen atoms in total. The number of nitrogens with zero attached hydrogens (tertiary/aromatic N) is 2. The Bertz CT molecular complexity index is 362. The van der Waals surface area contributed by atoms with Gasteiger partial charge in [-0.2, -0.15) is 0 Å². The predicted octanol–water partition coefficient (Wildman–Crippen LogP) is -0.392. The summed E-state index contributed by atoms with van der Waals surface area (Å²) in [6.07, 6.45) is -0.345. The van der Waals surface area contributed by atoms with Crippen molar-refractivity contribution in [3.8, 4) is 0 Å². The van der Waals surface area contributed by atoms with Crippen LogP contribution >= 0.6 is 0 Å². The number of aliphatic hydroxyl groups excluding tert-OH is 1. The van der Waals surface area contributed by atoms with Gasteiger partial charge in [0.25, 0.3) is 0 Å². The summed E-state index contributed by atoms with van der Waals surface area (Å²) in [5, 5.41) is 14.3. The Balaban J connectivity index is 2.49. The molecule has 1 rings (SSSR count). The van der Waals surface area contributed by atoms with E-state index in [1.54, 1.807) is 13.8 Å². The average Bonchev–Trinajstić information content (AvgIpc) is 2.37. The maximum Gasteiger partial charge on any atom is 0.321 e. The lowest BCUT2D eigenvalue weighted by molar-refractivity contribution is -0.126. The number of hydrogen-bond acceptors (Lipinski definition) is 5. The van der Waals surface area contributed by atoms with E-state index >= 15 is 0 Å². The van der Waals surface area contributed by atoms with Crippen molar-refractivity contribution in [2.24, 2.45) is 0 Å². The molecule has 3 atom stereocenters. The topological polar surface area (TPSA) is 84.9 Å². The Morgan fingerprint density at radius 1 is 1.33 bits per heavy atom. The van der Waals surface area contributed by atoms with Gasteiger partial charge in [-0.05, 0) is 27.7 Å². The summed E-state index contributed by atoms with van der Waals surface area (Å²) in [4.78, 5) is 27.7. The molecule has 0 bridgehead atoms. The number of rotatable bonds is 5. The van der Waals surface area contributed by atoms with Gasteiger partial charge in [-0.25, -0.2) is 4.79 Å². The fraction of sp³-hybridized carbons (Fsp3) is 0.857. The van der Waals surface area contributed by atoms with E-state index in [9.17, 15) is 14.7 Å². The summed E-state index contributed by atoms with van der Waals surface area (Å²) in [6, 6.07) is -0.599. The number of piperazine rings is 1. The van der Waals surface area contributed by atoms with Crippen molar-refractivity contribution in [1.82, 2.24) is 20.4 Å². The first-order valence-electron chi connectivity index (χ1n) is 7.60. The van der Waals surface area contributed by atoms with Crippen LogP contribution in [0.5, 0.6) is 0 Å². The number of carbonyl (C=O) groups is 2. The van der Waals surface area contributed by atoms with Crippen LogP contribution in [0, 0.1) is 0 Å². The van der Waals surface area contributed by atoms with Gasteiger partial charge in [0.05, 0.1) is 12.1 Å². The Kier molecular flexibility index (Phi) is 7.07. The predicted molar refractivity (Wildman–Crippen MR) is 81.0 cm³/mol. The second kappa shape index (κ2) is 8.31. The Hall–Kier alpha value is -1.18. The maximum absolute atomic E-state index is 12.1. The van der Waals surface area contributed by atoms with E-state index in [2.05, 4.69) is 27.4 Å². The highest BCUT2D eigenvalue weighted by Gasteiger charge is 2.31. The van der Waals surface area contributed by atoms with Gasteiger partial charge in [-0.3, -0.25) is 19.9 Å². The fourth-order valence-corrected chi connectivity index (χ4v) is 2.73.